The van der Waals surface area contributed by atoms with Crippen LogP contribution in [0.15, 0.2) is 176 Å². The molecule has 0 fully saturated rings. The molecule has 6 heteroatoms. The Morgan fingerprint density at radius 1 is 0.550 bits per heavy atom. The topological polar surface area (TPSA) is 33.5 Å². The third kappa shape index (κ3) is 9.99. The standard InChI is InChI=1S/C74H73N4O.Pt/c1-70(2,3)52-21-18-20-50(40-52)48-28-30-49(31-29-48)60-42-54(72(7,8)9)43-61(51-32-35-62-63(41-51)74(12,13)38-37-73(62,10)11)69(60)77-47-76(65-26-16-17-27-66(65)77)55-22-19-23-56(45-55)79-57-33-34-59-58-24-14-15-25-64(58)78(67(59)46-57)68-44-53(36-39-75-68)71(4,5)6;/h14-36,39-44,47H,37-38H2,1-13H3;/q-3;/i14D,15D,24D,25D,32D,35D,41D;. The van der Waals surface area contributed by atoms with Crippen LogP contribution in [-0.4, -0.2) is 9.55 Å². The number of pyridine rings is 1. The van der Waals surface area contributed by atoms with Crippen LogP contribution in [0, 0.1) is 18.8 Å². The van der Waals surface area contributed by atoms with Gasteiger partial charge < -0.3 is 19.1 Å². The molecule has 0 saturated carbocycles. The molecule has 408 valence electrons. The van der Waals surface area contributed by atoms with E-state index in [0.717, 1.165) is 74.4 Å². The Kier molecular flexibility index (Phi) is 11.7. The van der Waals surface area contributed by atoms with E-state index in [4.69, 9.17) is 15.2 Å². The van der Waals surface area contributed by atoms with E-state index in [1.807, 2.05) is 48.5 Å². The first-order chi connectivity index (χ1) is 40.4. The van der Waals surface area contributed by atoms with Crippen molar-refractivity contribution in [3.05, 3.63) is 223 Å². The Balaban J connectivity index is 0.00000784. The number of fused-ring (bicyclic) bond motifs is 5. The van der Waals surface area contributed by atoms with E-state index < -0.39 is 10.8 Å². The van der Waals surface area contributed by atoms with Crippen molar-refractivity contribution in [1.82, 2.24) is 9.55 Å². The second-order valence-electron chi connectivity index (χ2n) is 26.0. The molecule has 0 saturated heterocycles. The van der Waals surface area contributed by atoms with E-state index in [1.54, 1.807) is 16.8 Å². The van der Waals surface area contributed by atoms with Gasteiger partial charge in [-0.05, 0) is 138 Å². The normalized spacial score (nSPS) is 16.2. The maximum Gasteiger partial charge on any atom is 0.135 e. The number of hydrogen-bond acceptors (Lipinski definition) is 4. The number of ether oxygens (including phenoxy) is 1. The van der Waals surface area contributed by atoms with Gasteiger partial charge in [-0.15, -0.1) is 48.1 Å². The van der Waals surface area contributed by atoms with Crippen molar-refractivity contribution >= 4 is 44.6 Å². The average Bonchev–Trinajstić information content (AvgIpc) is 1.69. The third-order valence-corrected chi connectivity index (χ3v) is 16.3. The van der Waals surface area contributed by atoms with Gasteiger partial charge in [0.05, 0.1) is 9.60 Å². The zero-order chi connectivity index (χ0) is 61.5. The minimum absolute atomic E-state index is 0. The summed E-state index contributed by atoms with van der Waals surface area (Å²) in [5, 5.41) is 0.949. The molecule has 80 heavy (non-hydrogen) atoms. The molecule has 0 bridgehead atoms. The summed E-state index contributed by atoms with van der Waals surface area (Å²) in [6.45, 7) is 30.4. The minimum atomic E-state index is -0.413. The van der Waals surface area contributed by atoms with Gasteiger partial charge >= 0.3 is 0 Å². The molecule has 0 radical (unpaired) electrons. The van der Waals surface area contributed by atoms with Crippen molar-refractivity contribution < 1.29 is 35.4 Å². The summed E-state index contributed by atoms with van der Waals surface area (Å²) in [5.74, 6) is 1.23. The number of benzene rings is 8. The van der Waals surface area contributed by atoms with Crippen LogP contribution in [0.3, 0.4) is 0 Å². The maximum absolute atomic E-state index is 10.4. The number of nitrogens with zero attached hydrogens (tertiary/aromatic N) is 4. The molecule has 0 unspecified atom stereocenters. The van der Waals surface area contributed by atoms with Gasteiger partial charge in [0.2, 0.25) is 0 Å². The summed E-state index contributed by atoms with van der Waals surface area (Å²) in [5.41, 5.74) is 12.7. The van der Waals surface area contributed by atoms with Crippen LogP contribution in [-0.2, 0) is 48.1 Å². The van der Waals surface area contributed by atoms with Crippen LogP contribution in [0.1, 0.15) is 140 Å². The van der Waals surface area contributed by atoms with Crippen molar-refractivity contribution in [3.63, 3.8) is 0 Å². The first-order valence-electron chi connectivity index (χ1n) is 31.2. The summed E-state index contributed by atoms with van der Waals surface area (Å²) >= 11 is 0. The first kappa shape index (κ1) is 46.5. The van der Waals surface area contributed by atoms with E-state index in [9.17, 15) is 4.11 Å². The molecule has 0 amide bonds. The van der Waals surface area contributed by atoms with Crippen LogP contribution in [0.2, 0.25) is 0 Å². The van der Waals surface area contributed by atoms with Crippen LogP contribution in [0.25, 0.3) is 61.0 Å². The van der Waals surface area contributed by atoms with Gasteiger partial charge in [-0.2, -0.15) is 12.1 Å². The van der Waals surface area contributed by atoms with Crippen LogP contribution in [0.4, 0.5) is 22.7 Å². The zero-order valence-electron chi connectivity index (χ0n) is 55.2. The quantitative estimate of drug-likeness (QED) is 0.142. The zero-order valence-corrected chi connectivity index (χ0v) is 50.5. The van der Waals surface area contributed by atoms with Crippen molar-refractivity contribution in [1.29, 1.82) is 0 Å². The van der Waals surface area contributed by atoms with E-state index in [2.05, 4.69) is 191 Å². The van der Waals surface area contributed by atoms with Crippen LogP contribution < -0.4 is 14.5 Å². The Labute approximate surface area is 499 Å². The van der Waals surface area contributed by atoms with Crippen LogP contribution in [0.5, 0.6) is 11.5 Å². The predicted molar refractivity (Wildman–Crippen MR) is 332 cm³/mol. The van der Waals surface area contributed by atoms with E-state index in [-0.39, 0.29) is 73.6 Å². The molecule has 2 aliphatic rings. The molecule has 8 aromatic carbocycles. The monoisotopic (exact) mass is 1240 g/mol. The molecule has 1 aliphatic carbocycles. The largest absolute Gasteiger partial charge is 0.509 e. The van der Waals surface area contributed by atoms with Gasteiger partial charge in [0, 0.05) is 72.5 Å². The Morgan fingerprint density at radius 3 is 1.89 bits per heavy atom. The third-order valence-electron chi connectivity index (χ3n) is 16.3. The fourth-order valence-electron chi connectivity index (χ4n) is 11.3. The SMILES string of the molecule is [2H]c1c([2H])c2c(c([2H])c1-c1cc(C(C)(C)C)cc(-c3ccc(-c4cccc(C(C)(C)C)c4)cc3)c1N1[CH-]N(c3[c-]c(Oc4[c-]c5c(cc4)c4c([2H])c([2H])c([2H])c([2H])c4n5-c4cc(C(C)(C)C)ccn4)ccc3)c3ccccc31)C(C)(C)CCC2(C)C.[Pt]. The second-order valence-corrected chi connectivity index (χ2v) is 26.0. The molecule has 1 aliphatic heterocycles. The Morgan fingerprint density at radius 2 is 1.18 bits per heavy atom. The predicted octanol–water partition coefficient (Wildman–Crippen LogP) is 20.2. The van der Waals surface area contributed by atoms with Crippen molar-refractivity contribution in [2.24, 2.45) is 0 Å². The summed E-state index contributed by atoms with van der Waals surface area (Å²) in [6, 6.07) is 49.9. The minimum Gasteiger partial charge on any atom is -0.509 e. The number of hydrogen-bond donors (Lipinski definition) is 0. The fraction of sp³-hybridized carbons (Fsp3) is 0.270. The Hall–Kier alpha value is -7.20. The molecule has 12 rings (SSSR count). The van der Waals surface area contributed by atoms with Gasteiger partial charge in [-0.3, -0.25) is 0 Å². The first-order valence-corrected chi connectivity index (χ1v) is 27.7. The summed E-state index contributed by atoms with van der Waals surface area (Å²) in [6.07, 6.45) is 3.43. The summed E-state index contributed by atoms with van der Waals surface area (Å²) in [7, 11) is 0. The maximum atomic E-state index is 10.4. The number of anilines is 4. The number of rotatable bonds is 8. The van der Waals surface area contributed by atoms with Gasteiger partial charge in [0.15, 0.2) is 0 Å². The fourth-order valence-corrected chi connectivity index (χ4v) is 11.3. The molecule has 3 heterocycles. The number of aromatic nitrogens is 2. The summed E-state index contributed by atoms with van der Waals surface area (Å²) in [4.78, 5) is 9.02. The van der Waals surface area contributed by atoms with E-state index >= 15 is 0 Å². The average molecular weight is 1240 g/mol. The Bertz CT molecular complexity index is 4410. The molecule has 2 aromatic heterocycles. The van der Waals surface area contributed by atoms with Gasteiger partial charge in [0.1, 0.15) is 5.82 Å². The molecule has 0 spiro atoms. The van der Waals surface area contributed by atoms with E-state index in [1.165, 1.54) is 5.56 Å². The van der Waals surface area contributed by atoms with Gasteiger partial charge in [-0.1, -0.05) is 192 Å². The van der Waals surface area contributed by atoms with E-state index in [0.29, 0.717) is 62.0 Å². The molecular formula is C74H73N4OPt-3. The molecular weight excluding hydrogens is 1160 g/mol. The van der Waals surface area contributed by atoms with Crippen LogP contribution >= 0.6 is 0 Å². The van der Waals surface area contributed by atoms with Crippen molar-refractivity contribution in [3.8, 4) is 50.7 Å². The van der Waals surface area contributed by atoms with Gasteiger partial charge in [-0.25, -0.2) is 4.98 Å². The second kappa shape index (κ2) is 20.1. The molecule has 0 N–H and O–H groups in total. The van der Waals surface area contributed by atoms with Crippen molar-refractivity contribution in [2.45, 2.75) is 130 Å². The van der Waals surface area contributed by atoms with Gasteiger partial charge in [0.25, 0.3) is 0 Å². The number of para-hydroxylation sites is 3. The molecule has 0 atom stereocenters. The summed E-state index contributed by atoms with van der Waals surface area (Å²) < 4.78 is 74.4. The smallest absolute Gasteiger partial charge is 0.135 e. The molecule has 10 aromatic rings. The van der Waals surface area contributed by atoms with Crippen molar-refractivity contribution in [2.75, 3.05) is 9.80 Å². The molecule has 5 nitrogen and oxygen atoms in total.